The molecule has 59 heavy (non-hydrogen) atoms. The maximum absolute atomic E-state index is 7.19. The molecule has 0 aromatic heterocycles. The monoisotopic (exact) mass is 754 g/mol. The molecule has 8 aromatic carbocycles. The largest absolute Gasteiger partial charge is 0.456 e. The zero-order valence-electron chi connectivity index (χ0n) is 33.2. The van der Waals surface area contributed by atoms with Crippen molar-refractivity contribution in [2.24, 2.45) is 0 Å². The van der Waals surface area contributed by atoms with Crippen molar-refractivity contribution in [3.63, 3.8) is 0 Å². The van der Waals surface area contributed by atoms with Crippen LogP contribution in [0.15, 0.2) is 218 Å². The topological polar surface area (TPSA) is 9.23 Å². The molecule has 1 aliphatic heterocycles. The van der Waals surface area contributed by atoms with Gasteiger partial charge in [0.2, 0.25) is 0 Å². The van der Waals surface area contributed by atoms with Crippen molar-refractivity contribution in [2.75, 3.05) is 0 Å². The summed E-state index contributed by atoms with van der Waals surface area (Å²) in [6, 6.07) is 62.7. The number of rotatable bonds is 6. The third-order valence-corrected chi connectivity index (χ3v) is 13.1. The second-order valence-corrected chi connectivity index (χ2v) is 15.9. The zero-order valence-corrected chi connectivity index (χ0v) is 33.2. The predicted octanol–water partition coefficient (Wildman–Crippen LogP) is 14.9. The molecule has 0 amide bonds. The number of hydrogen-bond donors (Lipinski definition) is 0. The van der Waals surface area contributed by atoms with Crippen LogP contribution in [-0.2, 0) is 10.8 Å². The number of hydrogen-bond acceptors (Lipinski definition) is 1. The standard InChI is InChI=1S/C58H42O/c1-4-6-8-30-51(57(41-24-9-7-10-25-41)38(3)42(21-5-2)47-35-39-22-11-12-23-40(39)36-53(47)57)48-37-54-56(46-29-14-13-26-43(46)48)59-55-34-20-19-33-52(55)58(54)49-31-17-15-27-44(49)45-28-16-18-32-50(45)58/h4-37H,1H2,2-3H3/b8-6-,21-5-,51-30+. The third-order valence-electron chi connectivity index (χ3n) is 13.1. The summed E-state index contributed by atoms with van der Waals surface area (Å²) in [6.07, 6.45) is 12.9. The van der Waals surface area contributed by atoms with Crippen molar-refractivity contribution >= 4 is 32.7 Å². The molecule has 0 N–H and O–H groups in total. The minimum absolute atomic E-state index is 0.622. The molecule has 0 saturated carbocycles. The first-order valence-corrected chi connectivity index (χ1v) is 20.6. The fraction of sp³-hybridized carbons (Fsp3) is 0.0690. The van der Waals surface area contributed by atoms with Gasteiger partial charge < -0.3 is 4.74 Å². The Hall–Kier alpha value is -7.22. The van der Waals surface area contributed by atoms with Gasteiger partial charge in [0.15, 0.2) is 0 Å². The Morgan fingerprint density at radius 2 is 1.17 bits per heavy atom. The highest BCUT2D eigenvalue weighted by molar-refractivity contribution is 6.08. The Labute approximate surface area is 346 Å². The lowest BCUT2D eigenvalue weighted by Crippen LogP contribution is -2.33. The van der Waals surface area contributed by atoms with E-state index in [-0.39, 0.29) is 0 Å². The molecule has 0 saturated heterocycles. The lowest BCUT2D eigenvalue weighted by molar-refractivity contribution is 0.441. The first kappa shape index (κ1) is 35.0. The SMILES string of the molecule is C=C/C=C\C=C(/c1cc2c(c3ccccc13)Oc1ccccc1C21c2ccccc2-c2ccccc21)C1(c2ccccc2)C(C)=C(/C=C\C)c2cc3ccccc3cc21. The minimum atomic E-state index is -0.663. The van der Waals surface area contributed by atoms with Gasteiger partial charge in [0.05, 0.1) is 10.8 Å². The van der Waals surface area contributed by atoms with Gasteiger partial charge in [-0.05, 0) is 115 Å². The molecule has 3 aliphatic rings. The molecule has 0 bridgehead atoms. The number of para-hydroxylation sites is 1. The van der Waals surface area contributed by atoms with Crippen LogP contribution in [0.25, 0.3) is 43.8 Å². The van der Waals surface area contributed by atoms with Crippen LogP contribution in [0.5, 0.6) is 11.5 Å². The molecular formula is C58H42O. The van der Waals surface area contributed by atoms with Gasteiger partial charge in [-0.15, -0.1) is 0 Å². The lowest BCUT2D eigenvalue weighted by Gasteiger charge is -2.42. The fourth-order valence-electron chi connectivity index (χ4n) is 10.9. The third kappa shape index (κ3) is 4.73. The van der Waals surface area contributed by atoms with Crippen LogP contribution < -0.4 is 4.74 Å². The van der Waals surface area contributed by atoms with E-state index in [9.17, 15) is 0 Å². The van der Waals surface area contributed by atoms with Crippen LogP contribution in [0.4, 0.5) is 0 Å². The Morgan fingerprint density at radius 3 is 1.88 bits per heavy atom. The summed E-state index contributed by atoms with van der Waals surface area (Å²) < 4.78 is 7.19. The van der Waals surface area contributed by atoms with Crippen LogP contribution >= 0.6 is 0 Å². The van der Waals surface area contributed by atoms with E-state index in [1.165, 1.54) is 72.0 Å². The van der Waals surface area contributed by atoms with E-state index in [4.69, 9.17) is 4.74 Å². The second kappa shape index (κ2) is 13.4. The van der Waals surface area contributed by atoms with Crippen LogP contribution in [0.3, 0.4) is 0 Å². The average Bonchev–Trinajstić information content (AvgIpc) is 3.71. The average molecular weight is 755 g/mol. The second-order valence-electron chi connectivity index (χ2n) is 15.9. The highest BCUT2D eigenvalue weighted by Gasteiger charge is 2.53. The number of fused-ring (bicyclic) bond motifs is 13. The van der Waals surface area contributed by atoms with Crippen LogP contribution in [0.2, 0.25) is 0 Å². The number of ether oxygens (including phenoxy) is 1. The van der Waals surface area contributed by atoms with Crippen molar-refractivity contribution in [3.05, 3.63) is 263 Å². The molecule has 1 unspecified atom stereocenters. The van der Waals surface area contributed by atoms with Crippen molar-refractivity contribution < 1.29 is 4.74 Å². The van der Waals surface area contributed by atoms with Gasteiger partial charge in [0.1, 0.15) is 11.5 Å². The van der Waals surface area contributed by atoms with E-state index in [0.29, 0.717) is 0 Å². The quantitative estimate of drug-likeness (QED) is 0.154. The molecule has 11 rings (SSSR count). The summed E-state index contributed by atoms with van der Waals surface area (Å²) in [5, 5.41) is 4.69. The van der Waals surface area contributed by atoms with Crippen LogP contribution in [0.1, 0.15) is 58.4 Å². The molecule has 1 heteroatoms. The van der Waals surface area contributed by atoms with E-state index < -0.39 is 10.8 Å². The summed E-state index contributed by atoms with van der Waals surface area (Å²) in [5.41, 5.74) is 14.8. The normalized spacial score (nSPS) is 17.3. The lowest BCUT2D eigenvalue weighted by atomic mass is 9.62. The number of benzene rings is 8. The molecule has 1 nitrogen and oxygen atoms in total. The first-order valence-electron chi connectivity index (χ1n) is 20.6. The van der Waals surface area contributed by atoms with Gasteiger partial charge in [-0.25, -0.2) is 0 Å². The van der Waals surface area contributed by atoms with Gasteiger partial charge in [-0.1, -0.05) is 189 Å². The molecule has 0 fully saturated rings. The van der Waals surface area contributed by atoms with E-state index in [0.717, 1.165) is 33.4 Å². The highest BCUT2D eigenvalue weighted by atomic mass is 16.5. The molecule has 2 aliphatic carbocycles. The molecule has 1 spiro atoms. The maximum atomic E-state index is 7.19. The van der Waals surface area contributed by atoms with Gasteiger partial charge in [-0.2, -0.15) is 0 Å². The summed E-state index contributed by atoms with van der Waals surface area (Å²) >= 11 is 0. The van der Waals surface area contributed by atoms with Crippen molar-refractivity contribution in [1.29, 1.82) is 0 Å². The van der Waals surface area contributed by atoms with Gasteiger partial charge in [0.25, 0.3) is 0 Å². The van der Waals surface area contributed by atoms with Gasteiger partial charge in [-0.3, -0.25) is 0 Å². The van der Waals surface area contributed by atoms with Gasteiger partial charge in [0, 0.05) is 16.5 Å². The predicted molar refractivity (Wildman–Crippen MR) is 247 cm³/mol. The highest BCUT2D eigenvalue weighted by Crippen LogP contribution is 2.65. The summed E-state index contributed by atoms with van der Waals surface area (Å²) in [6.45, 7) is 8.57. The Bertz CT molecular complexity index is 3120. The Balaban J connectivity index is 1.33. The number of allylic oxidation sites excluding steroid dienone is 9. The van der Waals surface area contributed by atoms with E-state index in [1.807, 2.05) is 12.2 Å². The minimum Gasteiger partial charge on any atom is -0.456 e. The fourth-order valence-corrected chi connectivity index (χ4v) is 10.9. The Morgan fingerprint density at radius 1 is 0.559 bits per heavy atom. The van der Waals surface area contributed by atoms with Gasteiger partial charge >= 0.3 is 0 Å². The Kier molecular flexibility index (Phi) is 7.97. The van der Waals surface area contributed by atoms with Crippen molar-refractivity contribution in [1.82, 2.24) is 0 Å². The molecule has 1 atom stereocenters. The van der Waals surface area contributed by atoms with E-state index in [2.05, 4.69) is 215 Å². The molecule has 280 valence electrons. The first-order chi connectivity index (χ1) is 29.1. The van der Waals surface area contributed by atoms with Crippen molar-refractivity contribution in [3.8, 4) is 22.6 Å². The zero-order chi connectivity index (χ0) is 39.7. The van der Waals surface area contributed by atoms with E-state index in [1.54, 1.807) is 0 Å². The maximum Gasteiger partial charge on any atom is 0.140 e. The summed E-state index contributed by atoms with van der Waals surface area (Å²) in [7, 11) is 0. The molecule has 1 heterocycles. The van der Waals surface area contributed by atoms with Crippen LogP contribution in [-0.4, -0.2) is 0 Å². The van der Waals surface area contributed by atoms with E-state index >= 15 is 0 Å². The summed E-state index contributed by atoms with van der Waals surface area (Å²) in [5.74, 6) is 1.80. The summed E-state index contributed by atoms with van der Waals surface area (Å²) in [4.78, 5) is 0. The smallest absolute Gasteiger partial charge is 0.140 e. The molecular weight excluding hydrogens is 713 g/mol. The van der Waals surface area contributed by atoms with Crippen LogP contribution in [0, 0.1) is 0 Å². The van der Waals surface area contributed by atoms with Crippen molar-refractivity contribution in [2.45, 2.75) is 24.7 Å². The molecule has 8 aromatic rings. The molecule has 0 radical (unpaired) electrons.